The van der Waals surface area contributed by atoms with Crippen molar-refractivity contribution in [3.63, 3.8) is 0 Å². The molecule has 3 amide bonds. The zero-order chi connectivity index (χ0) is 21.8. The molecule has 166 valence electrons. The van der Waals surface area contributed by atoms with Crippen LogP contribution in [0.1, 0.15) is 79.8 Å². The average molecular weight is 425 g/mol. The molecule has 2 bridgehead atoms. The summed E-state index contributed by atoms with van der Waals surface area (Å²) in [5.41, 5.74) is 9.35. The molecule has 4 fully saturated rings. The van der Waals surface area contributed by atoms with Crippen molar-refractivity contribution in [2.75, 3.05) is 0 Å². The Morgan fingerprint density at radius 1 is 1.23 bits per heavy atom. The van der Waals surface area contributed by atoms with Crippen LogP contribution in [0.25, 0.3) is 0 Å². The number of hydrogen-bond acceptors (Lipinski definition) is 5. The number of piperidine rings is 1. The monoisotopic (exact) mass is 424 g/mol. The first-order chi connectivity index (χ1) is 14.9. The number of nitrogens with one attached hydrogen (secondary N) is 1. The first-order valence-electron chi connectivity index (χ1n) is 11.7. The third-order valence-corrected chi connectivity index (χ3v) is 7.69. The molecule has 1 saturated heterocycles. The summed E-state index contributed by atoms with van der Waals surface area (Å²) in [6.07, 6.45) is 6.28. The van der Waals surface area contributed by atoms with E-state index in [9.17, 15) is 14.4 Å². The molecule has 31 heavy (non-hydrogen) atoms. The van der Waals surface area contributed by atoms with Crippen LogP contribution < -0.4 is 11.1 Å². The van der Waals surface area contributed by atoms with Crippen LogP contribution in [0.15, 0.2) is 18.2 Å². The largest absolute Gasteiger partial charge is 0.322 e. The van der Waals surface area contributed by atoms with Gasteiger partial charge in [-0.1, -0.05) is 31.9 Å². The first kappa shape index (κ1) is 20.6. The molecule has 1 aromatic rings. The van der Waals surface area contributed by atoms with Gasteiger partial charge in [0, 0.05) is 30.6 Å². The third-order valence-electron chi connectivity index (χ3n) is 7.69. The highest BCUT2D eigenvalue weighted by Crippen LogP contribution is 2.57. The average Bonchev–Trinajstić information content (AvgIpc) is 3.00. The van der Waals surface area contributed by atoms with E-state index >= 15 is 0 Å². The van der Waals surface area contributed by atoms with E-state index in [4.69, 9.17) is 5.73 Å². The first-order valence-corrected chi connectivity index (χ1v) is 11.7. The van der Waals surface area contributed by atoms with Crippen molar-refractivity contribution in [1.29, 1.82) is 0 Å². The third kappa shape index (κ3) is 3.48. The predicted molar refractivity (Wildman–Crippen MR) is 116 cm³/mol. The van der Waals surface area contributed by atoms with Gasteiger partial charge in [-0.25, -0.2) is 0 Å². The van der Waals surface area contributed by atoms with E-state index in [-0.39, 0.29) is 24.1 Å². The van der Waals surface area contributed by atoms with Crippen LogP contribution in [0, 0.1) is 5.92 Å². The molecule has 3 N–H and O–H groups in total. The Morgan fingerprint density at radius 3 is 2.68 bits per heavy atom. The number of likely N-dealkylation sites (tertiary alicyclic amines) is 1. The van der Waals surface area contributed by atoms with Gasteiger partial charge < -0.3 is 16.0 Å². The Hall–Kier alpha value is -2.25. The highest BCUT2D eigenvalue weighted by Gasteiger charge is 2.56. The van der Waals surface area contributed by atoms with E-state index in [0.717, 1.165) is 30.9 Å². The number of unbranched alkanes of at least 4 members (excludes halogenated alkanes) is 1. The lowest BCUT2D eigenvalue weighted by molar-refractivity contribution is -0.155. The molecule has 7 heteroatoms. The molecule has 1 aromatic carbocycles. The summed E-state index contributed by atoms with van der Waals surface area (Å²) < 4.78 is 0. The fourth-order valence-corrected chi connectivity index (χ4v) is 5.71. The van der Waals surface area contributed by atoms with Gasteiger partial charge in [-0.3, -0.25) is 19.3 Å². The normalized spacial score (nSPS) is 30.2. The lowest BCUT2D eigenvalue weighted by Gasteiger charge is -2.62. The lowest BCUT2D eigenvalue weighted by Crippen LogP contribution is -2.66. The zero-order valence-corrected chi connectivity index (χ0v) is 18.2. The van der Waals surface area contributed by atoms with Crippen LogP contribution in [0.5, 0.6) is 0 Å². The summed E-state index contributed by atoms with van der Waals surface area (Å²) in [6.45, 7) is 3.27. The van der Waals surface area contributed by atoms with Gasteiger partial charge in [-0.15, -0.1) is 0 Å². The summed E-state index contributed by atoms with van der Waals surface area (Å²) in [5.74, 6) is 0.263. The molecule has 0 spiro atoms. The fraction of sp³-hybridized carbons (Fsp3) is 0.625. The van der Waals surface area contributed by atoms with Crippen molar-refractivity contribution in [1.82, 2.24) is 15.1 Å². The highest BCUT2D eigenvalue weighted by molar-refractivity contribution is 6.05. The van der Waals surface area contributed by atoms with Crippen molar-refractivity contribution in [3.8, 4) is 0 Å². The van der Waals surface area contributed by atoms with Crippen molar-refractivity contribution >= 4 is 17.7 Å². The van der Waals surface area contributed by atoms with Crippen molar-refractivity contribution in [3.05, 3.63) is 34.9 Å². The van der Waals surface area contributed by atoms with Gasteiger partial charge in [0.15, 0.2) is 0 Å². The van der Waals surface area contributed by atoms with Gasteiger partial charge >= 0.3 is 0 Å². The number of nitrogens with zero attached hydrogens (tertiary/aromatic N) is 2. The number of hydrogen-bond donors (Lipinski definition) is 2. The van der Waals surface area contributed by atoms with Gasteiger partial charge in [0.05, 0.1) is 6.17 Å². The molecule has 5 aliphatic rings. The highest BCUT2D eigenvalue weighted by atomic mass is 16.2. The van der Waals surface area contributed by atoms with Crippen LogP contribution in [-0.2, 0) is 22.7 Å². The summed E-state index contributed by atoms with van der Waals surface area (Å²) in [4.78, 5) is 41.5. The molecule has 2 unspecified atom stereocenters. The molecule has 0 radical (unpaired) electrons. The van der Waals surface area contributed by atoms with Crippen LogP contribution >= 0.6 is 0 Å². The molecule has 0 aromatic heterocycles. The molecule has 2 atom stereocenters. The Bertz CT molecular complexity index is 912. The second kappa shape index (κ2) is 7.71. The van der Waals surface area contributed by atoms with Crippen LogP contribution in [0.2, 0.25) is 0 Å². The number of imide groups is 1. The topological polar surface area (TPSA) is 95.7 Å². The van der Waals surface area contributed by atoms with Crippen molar-refractivity contribution in [2.24, 2.45) is 11.7 Å². The molecule has 6 rings (SSSR count). The second-order valence-electron chi connectivity index (χ2n) is 9.90. The maximum atomic E-state index is 13.2. The Morgan fingerprint density at radius 2 is 2.00 bits per heavy atom. The number of fused-ring (bicyclic) bond motifs is 1. The maximum Gasteiger partial charge on any atom is 0.255 e. The van der Waals surface area contributed by atoms with E-state index in [2.05, 4.69) is 11.4 Å². The van der Waals surface area contributed by atoms with Crippen LogP contribution in [-0.4, -0.2) is 45.3 Å². The summed E-state index contributed by atoms with van der Waals surface area (Å²) in [6, 6.07) is 5.37. The smallest absolute Gasteiger partial charge is 0.255 e. The Labute approximate surface area is 183 Å². The quantitative estimate of drug-likeness (QED) is 0.624. The minimum absolute atomic E-state index is 0.122. The fourth-order valence-electron chi connectivity index (χ4n) is 5.71. The molecular formula is C24H32N4O3. The zero-order valence-electron chi connectivity index (χ0n) is 18.2. The standard InChI is InChI=1S/C24H32N4O3/c1-2-3-4-20(25)28-21(29)8-7-19(23(28)31)27-14-17-9-15(5-6-18(17)22(27)30)13-26-24-10-16(11-24)12-24/h5-6,9,16,19-20,26H,2-4,7-8,10-14,25H2,1H3. The van der Waals surface area contributed by atoms with Crippen LogP contribution in [0.3, 0.4) is 0 Å². The number of benzene rings is 1. The van der Waals surface area contributed by atoms with E-state index in [1.807, 2.05) is 19.1 Å². The molecule has 3 aliphatic carbocycles. The molecule has 3 saturated carbocycles. The Balaban J connectivity index is 1.27. The van der Waals surface area contributed by atoms with Crippen LogP contribution in [0.4, 0.5) is 0 Å². The number of rotatable bonds is 8. The van der Waals surface area contributed by atoms with Gasteiger partial charge in [0.1, 0.15) is 6.04 Å². The van der Waals surface area contributed by atoms with E-state index in [0.29, 0.717) is 30.5 Å². The minimum atomic E-state index is -0.618. The summed E-state index contributed by atoms with van der Waals surface area (Å²) in [5, 5.41) is 3.69. The second-order valence-corrected chi connectivity index (χ2v) is 9.90. The van der Waals surface area contributed by atoms with E-state index in [1.165, 1.54) is 29.7 Å². The lowest BCUT2D eigenvalue weighted by atomic mass is 9.50. The molecule has 2 heterocycles. The van der Waals surface area contributed by atoms with E-state index < -0.39 is 12.2 Å². The number of amides is 3. The predicted octanol–water partition coefficient (Wildman–Crippen LogP) is 2.28. The number of carbonyl (C=O) groups excluding carboxylic acids is 3. The summed E-state index contributed by atoms with van der Waals surface area (Å²) in [7, 11) is 0. The minimum Gasteiger partial charge on any atom is -0.322 e. The van der Waals surface area contributed by atoms with Crippen molar-refractivity contribution in [2.45, 2.75) is 89.1 Å². The molecule has 7 nitrogen and oxygen atoms in total. The number of carbonyl (C=O) groups is 3. The number of nitrogens with two attached hydrogens (primary N) is 1. The maximum absolute atomic E-state index is 13.2. The van der Waals surface area contributed by atoms with Crippen molar-refractivity contribution < 1.29 is 14.4 Å². The van der Waals surface area contributed by atoms with Gasteiger partial charge in [0.25, 0.3) is 11.8 Å². The summed E-state index contributed by atoms with van der Waals surface area (Å²) >= 11 is 0. The Kier molecular flexibility index (Phi) is 5.13. The SMILES string of the molecule is CCCCC(N)N1C(=O)CCC(N2Cc3cc(CNC45CC(C4)C5)ccc3C2=O)C1=O. The van der Waals surface area contributed by atoms with Gasteiger partial charge in [-0.2, -0.15) is 0 Å². The molecular weight excluding hydrogens is 392 g/mol. The van der Waals surface area contributed by atoms with Gasteiger partial charge in [-0.05, 0) is 55.2 Å². The molecule has 2 aliphatic heterocycles. The van der Waals surface area contributed by atoms with E-state index in [1.54, 1.807) is 4.90 Å². The van der Waals surface area contributed by atoms with Gasteiger partial charge in [0.2, 0.25) is 5.91 Å².